The molecule has 0 bridgehead atoms. The molecule has 0 saturated carbocycles. The third kappa shape index (κ3) is 4.84. The first-order chi connectivity index (χ1) is 13.4. The van der Waals surface area contributed by atoms with Gasteiger partial charge in [0.15, 0.2) is 6.10 Å². The number of primary amides is 1. The molecule has 0 unspecified atom stereocenters. The Kier molecular flexibility index (Phi) is 6.22. The van der Waals surface area contributed by atoms with E-state index in [0.717, 1.165) is 22.4 Å². The predicted molar refractivity (Wildman–Crippen MR) is 107 cm³/mol. The Bertz CT molecular complexity index is 1040. The molecule has 1 atom stereocenters. The van der Waals surface area contributed by atoms with Crippen LogP contribution in [-0.2, 0) is 14.3 Å². The summed E-state index contributed by atoms with van der Waals surface area (Å²) in [4.78, 5) is 44.2. The summed E-state index contributed by atoms with van der Waals surface area (Å²) in [6.07, 6.45) is 0.553. The van der Waals surface area contributed by atoms with Gasteiger partial charge in [-0.1, -0.05) is 23.9 Å². The fraction of sp³-hybridized carbons (Fsp3) is 0.167. The first kappa shape index (κ1) is 19.8. The van der Waals surface area contributed by atoms with Crippen molar-refractivity contribution >= 4 is 56.9 Å². The van der Waals surface area contributed by atoms with E-state index >= 15 is 0 Å². The normalized spacial score (nSPS) is 11.8. The zero-order valence-electron chi connectivity index (χ0n) is 14.7. The Labute approximate surface area is 168 Å². The van der Waals surface area contributed by atoms with Crippen LogP contribution in [0.2, 0.25) is 0 Å². The third-order valence-corrected chi connectivity index (χ3v) is 5.31. The number of anilines is 1. The van der Waals surface area contributed by atoms with Gasteiger partial charge in [-0.05, 0) is 30.5 Å². The van der Waals surface area contributed by atoms with Crippen molar-refractivity contribution in [2.45, 2.75) is 18.1 Å². The Morgan fingerprint density at radius 3 is 2.75 bits per heavy atom. The number of carbonyl (C=O) groups excluding carboxylic acids is 3. The summed E-state index contributed by atoms with van der Waals surface area (Å²) in [5.41, 5.74) is 6.95. The van der Waals surface area contributed by atoms with Crippen LogP contribution in [0.5, 0.6) is 0 Å². The molecule has 0 aliphatic rings. The number of hydrogen-bond acceptors (Lipinski definition) is 8. The molecule has 0 aliphatic heterocycles. The number of hydrogen-bond donors (Lipinski definition) is 2. The summed E-state index contributed by atoms with van der Waals surface area (Å²) in [5.74, 6) is -1.78. The van der Waals surface area contributed by atoms with Gasteiger partial charge in [0.25, 0.3) is 11.8 Å². The number of aromatic nitrogens is 2. The highest BCUT2D eigenvalue weighted by Crippen LogP contribution is 2.23. The van der Waals surface area contributed by atoms with Gasteiger partial charge in [0, 0.05) is 0 Å². The van der Waals surface area contributed by atoms with Gasteiger partial charge < -0.3 is 15.8 Å². The van der Waals surface area contributed by atoms with E-state index in [2.05, 4.69) is 15.3 Å². The maximum Gasteiger partial charge on any atom is 0.317 e. The zero-order valence-corrected chi connectivity index (χ0v) is 16.4. The maximum atomic E-state index is 12.2. The lowest BCUT2D eigenvalue weighted by Crippen LogP contribution is -2.31. The number of benzene rings is 1. The standard InChI is InChI=1S/C18H16N4O4S2/c1-10(17(25)22-18-11(16(19)24)6-7-27-18)26-15(23)9-28-14-8-20-12-4-2-3-5-13(12)21-14/h2-8,10H,9H2,1H3,(H2,19,24)(H,22,25)/t10-/m1/s1. The number of nitrogens with one attached hydrogen (secondary N) is 1. The number of rotatable bonds is 7. The Balaban J connectivity index is 1.52. The first-order valence-electron chi connectivity index (χ1n) is 8.16. The van der Waals surface area contributed by atoms with Crippen molar-refractivity contribution in [3.63, 3.8) is 0 Å². The van der Waals surface area contributed by atoms with E-state index in [0.29, 0.717) is 10.0 Å². The van der Waals surface area contributed by atoms with Crippen molar-refractivity contribution in [1.82, 2.24) is 9.97 Å². The quantitative estimate of drug-likeness (QED) is 0.448. The molecule has 0 radical (unpaired) electrons. The van der Waals surface area contributed by atoms with Gasteiger partial charge in [-0.15, -0.1) is 11.3 Å². The number of nitrogens with two attached hydrogens (primary N) is 1. The van der Waals surface area contributed by atoms with Gasteiger partial charge >= 0.3 is 5.97 Å². The van der Waals surface area contributed by atoms with E-state index in [9.17, 15) is 14.4 Å². The maximum absolute atomic E-state index is 12.2. The van der Waals surface area contributed by atoms with Gasteiger partial charge in [-0.25, -0.2) is 4.98 Å². The Morgan fingerprint density at radius 1 is 1.25 bits per heavy atom. The number of para-hydroxylation sites is 2. The van der Waals surface area contributed by atoms with Crippen molar-refractivity contribution in [2.75, 3.05) is 11.1 Å². The number of thiophene rings is 1. The van der Waals surface area contributed by atoms with Crippen LogP contribution in [-0.4, -0.2) is 39.6 Å². The molecule has 2 heterocycles. The molecule has 3 aromatic rings. The largest absolute Gasteiger partial charge is 0.452 e. The summed E-state index contributed by atoms with van der Waals surface area (Å²) < 4.78 is 5.14. The molecule has 3 rings (SSSR count). The van der Waals surface area contributed by atoms with E-state index in [1.807, 2.05) is 24.3 Å². The summed E-state index contributed by atoms with van der Waals surface area (Å²) in [6.45, 7) is 1.45. The number of nitrogens with zero attached hydrogens (tertiary/aromatic N) is 2. The molecule has 8 nitrogen and oxygen atoms in total. The van der Waals surface area contributed by atoms with Crippen LogP contribution in [0.4, 0.5) is 5.00 Å². The summed E-state index contributed by atoms with van der Waals surface area (Å²) in [6, 6.07) is 8.93. The van der Waals surface area contributed by atoms with Gasteiger partial charge in [-0.2, -0.15) is 0 Å². The van der Waals surface area contributed by atoms with Crippen molar-refractivity contribution < 1.29 is 19.1 Å². The number of carbonyl (C=O) groups is 3. The van der Waals surface area contributed by atoms with E-state index in [1.165, 1.54) is 24.8 Å². The molecular formula is C18H16N4O4S2. The van der Waals surface area contributed by atoms with E-state index in [4.69, 9.17) is 10.5 Å². The molecule has 2 amide bonds. The zero-order chi connectivity index (χ0) is 20.1. The second-order valence-electron chi connectivity index (χ2n) is 5.63. The van der Waals surface area contributed by atoms with Gasteiger partial charge in [0.2, 0.25) is 0 Å². The van der Waals surface area contributed by atoms with Gasteiger partial charge in [0.1, 0.15) is 10.0 Å². The monoisotopic (exact) mass is 416 g/mol. The molecule has 0 spiro atoms. The summed E-state index contributed by atoms with van der Waals surface area (Å²) >= 11 is 2.33. The van der Waals surface area contributed by atoms with Crippen molar-refractivity contribution in [1.29, 1.82) is 0 Å². The highest BCUT2D eigenvalue weighted by molar-refractivity contribution is 7.99. The Hall–Kier alpha value is -2.98. The number of thioether (sulfide) groups is 1. The molecule has 0 fully saturated rings. The summed E-state index contributed by atoms with van der Waals surface area (Å²) in [7, 11) is 0. The number of fused-ring (bicyclic) bond motifs is 1. The van der Waals surface area contributed by atoms with Crippen LogP contribution >= 0.6 is 23.1 Å². The van der Waals surface area contributed by atoms with E-state index < -0.39 is 23.9 Å². The molecule has 10 heteroatoms. The van der Waals surface area contributed by atoms with Crippen LogP contribution in [0.15, 0.2) is 46.9 Å². The van der Waals surface area contributed by atoms with Crippen LogP contribution in [0.1, 0.15) is 17.3 Å². The molecule has 0 aliphatic carbocycles. The fourth-order valence-electron chi connectivity index (χ4n) is 2.24. The minimum atomic E-state index is -1.03. The molecule has 144 valence electrons. The van der Waals surface area contributed by atoms with Crippen molar-refractivity contribution in [2.24, 2.45) is 5.73 Å². The van der Waals surface area contributed by atoms with E-state index in [1.54, 1.807) is 11.6 Å². The molecule has 0 saturated heterocycles. The molecular weight excluding hydrogens is 400 g/mol. The smallest absolute Gasteiger partial charge is 0.317 e. The van der Waals surface area contributed by atoms with Crippen LogP contribution in [0.3, 0.4) is 0 Å². The number of esters is 1. The SMILES string of the molecule is C[C@@H](OC(=O)CSc1cnc2ccccc2n1)C(=O)Nc1sccc1C(N)=O. The second kappa shape index (κ2) is 8.81. The van der Waals surface area contributed by atoms with Gasteiger partial charge in [0.05, 0.1) is 28.5 Å². The average Bonchev–Trinajstić information content (AvgIpc) is 3.14. The van der Waals surface area contributed by atoms with Crippen LogP contribution < -0.4 is 11.1 Å². The highest BCUT2D eigenvalue weighted by atomic mass is 32.2. The first-order valence-corrected chi connectivity index (χ1v) is 10.0. The average molecular weight is 416 g/mol. The second-order valence-corrected chi connectivity index (χ2v) is 7.55. The number of amides is 2. The minimum Gasteiger partial charge on any atom is -0.452 e. The van der Waals surface area contributed by atoms with Gasteiger partial charge in [-0.3, -0.25) is 19.4 Å². The van der Waals surface area contributed by atoms with Crippen molar-refractivity contribution in [3.8, 4) is 0 Å². The van der Waals surface area contributed by atoms with Crippen LogP contribution in [0.25, 0.3) is 11.0 Å². The predicted octanol–water partition coefficient (Wildman–Crippen LogP) is 2.45. The molecule has 1 aromatic carbocycles. The lowest BCUT2D eigenvalue weighted by atomic mass is 10.3. The highest BCUT2D eigenvalue weighted by Gasteiger charge is 2.20. The number of ether oxygens (including phenoxy) is 1. The third-order valence-electron chi connectivity index (χ3n) is 3.61. The molecule has 3 N–H and O–H groups in total. The Morgan fingerprint density at radius 2 is 2.00 bits per heavy atom. The minimum absolute atomic E-state index is 0.0177. The lowest BCUT2D eigenvalue weighted by Gasteiger charge is -2.13. The summed E-state index contributed by atoms with van der Waals surface area (Å²) in [5, 5.41) is 5.08. The topological polar surface area (TPSA) is 124 Å². The lowest BCUT2D eigenvalue weighted by molar-refractivity contribution is -0.150. The molecule has 2 aromatic heterocycles. The van der Waals surface area contributed by atoms with Crippen LogP contribution in [0, 0.1) is 0 Å². The molecule has 28 heavy (non-hydrogen) atoms. The fourth-order valence-corrected chi connectivity index (χ4v) is 3.66. The van der Waals surface area contributed by atoms with E-state index in [-0.39, 0.29) is 11.3 Å². The van der Waals surface area contributed by atoms with Crippen molar-refractivity contribution in [3.05, 3.63) is 47.5 Å².